The number of nitrogens with zero attached hydrogens (tertiary/aromatic N) is 5. The van der Waals surface area contributed by atoms with Gasteiger partial charge in [-0.3, -0.25) is 0 Å². The van der Waals surface area contributed by atoms with Crippen LogP contribution in [-0.2, 0) is 7.05 Å². The van der Waals surface area contributed by atoms with Crippen LogP contribution >= 0.6 is 0 Å². The zero-order valence-corrected chi connectivity index (χ0v) is 14.5. The van der Waals surface area contributed by atoms with Crippen LogP contribution in [0.15, 0.2) is 36.5 Å². The van der Waals surface area contributed by atoms with E-state index in [0.717, 1.165) is 37.7 Å². The monoisotopic (exact) mass is 321 g/mol. The first-order valence-corrected chi connectivity index (χ1v) is 8.49. The second-order valence-electron chi connectivity index (χ2n) is 6.53. The fraction of sp³-hybridized carbons (Fsp3) is 0.368. The van der Waals surface area contributed by atoms with Crippen molar-refractivity contribution in [1.29, 1.82) is 0 Å². The summed E-state index contributed by atoms with van der Waals surface area (Å²) in [6.07, 6.45) is 2.17. The van der Waals surface area contributed by atoms with Gasteiger partial charge >= 0.3 is 0 Å². The maximum absolute atomic E-state index is 4.55. The molecule has 0 aliphatic carbocycles. The average Bonchev–Trinajstić information content (AvgIpc) is 2.93. The Morgan fingerprint density at radius 3 is 2.25 bits per heavy atom. The van der Waals surface area contributed by atoms with Crippen molar-refractivity contribution in [2.24, 2.45) is 7.05 Å². The van der Waals surface area contributed by atoms with E-state index in [2.05, 4.69) is 75.1 Å². The molecule has 0 amide bonds. The van der Waals surface area contributed by atoms with Gasteiger partial charge in [-0.1, -0.05) is 18.2 Å². The number of benzene rings is 1. The molecule has 5 heteroatoms. The molecule has 0 radical (unpaired) electrons. The summed E-state index contributed by atoms with van der Waals surface area (Å²) in [4.78, 5) is 4.81. The minimum atomic E-state index is 0.968. The summed E-state index contributed by atoms with van der Waals surface area (Å²) in [5.74, 6) is 1.03. The van der Waals surface area contributed by atoms with Crippen molar-refractivity contribution < 1.29 is 0 Å². The molecular formula is C19H23N5. The molecule has 0 N–H and O–H groups in total. The third-order valence-corrected chi connectivity index (χ3v) is 5.09. The molecule has 3 heterocycles. The predicted octanol–water partition coefficient (Wildman–Crippen LogP) is 2.91. The summed E-state index contributed by atoms with van der Waals surface area (Å²) in [5.41, 5.74) is 3.55. The van der Waals surface area contributed by atoms with E-state index in [4.69, 9.17) is 0 Å². The smallest absolute Gasteiger partial charge is 0.161 e. The predicted molar refractivity (Wildman–Crippen MR) is 98.9 cm³/mol. The van der Waals surface area contributed by atoms with Crippen LogP contribution in [0.2, 0.25) is 0 Å². The zero-order chi connectivity index (χ0) is 16.7. The fourth-order valence-corrected chi connectivity index (χ4v) is 3.55. The number of rotatable bonds is 2. The Hall–Kier alpha value is -2.56. The first-order chi connectivity index (χ1) is 11.6. The van der Waals surface area contributed by atoms with E-state index in [0.29, 0.717) is 0 Å². The highest BCUT2D eigenvalue weighted by Crippen LogP contribution is 2.30. The van der Waals surface area contributed by atoms with Crippen molar-refractivity contribution in [3.63, 3.8) is 0 Å². The zero-order valence-electron chi connectivity index (χ0n) is 14.5. The SMILES string of the molecule is Cc1nnc(N2CCN(c3ccccc3)CC2)c2c(C)n(C)cc12. The summed E-state index contributed by atoms with van der Waals surface area (Å²) in [6.45, 7) is 8.14. The average molecular weight is 321 g/mol. The van der Waals surface area contributed by atoms with Gasteiger partial charge < -0.3 is 14.4 Å². The quantitative estimate of drug-likeness (QED) is 0.727. The second kappa shape index (κ2) is 5.82. The molecule has 24 heavy (non-hydrogen) atoms. The number of anilines is 2. The van der Waals surface area contributed by atoms with Crippen LogP contribution < -0.4 is 9.80 Å². The van der Waals surface area contributed by atoms with Gasteiger partial charge in [-0.2, -0.15) is 5.10 Å². The molecule has 3 aromatic rings. The van der Waals surface area contributed by atoms with Gasteiger partial charge in [0, 0.05) is 61.6 Å². The van der Waals surface area contributed by atoms with Gasteiger partial charge in [0.25, 0.3) is 0 Å². The highest BCUT2D eigenvalue weighted by Gasteiger charge is 2.22. The number of fused-ring (bicyclic) bond motifs is 1. The minimum Gasteiger partial charge on any atom is -0.368 e. The standard InChI is InChI=1S/C19H23N5/c1-14-17-13-22(3)15(2)18(17)19(21-20-14)24-11-9-23(10-12-24)16-7-5-4-6-8-16/h4-8,13H,9-12H2,1-3H3. The Kier molecular flexibility index (Phi) is 3.63. The maximum atomic E-state index is 4.55. The van der Waals surface area contributed by atoms with E-state index in [1.54, 1.807) is 0 Å². The van der Waals surface area contributed by atoms with Crippen molar-refractivity contribution in [3.05, 3.63) is 47.9 Å². The van der Waals surface area contributed by atoms with Gasteiger partial charge in [-0.15, -0.1) is 5.10 Å². The Morgan fingerprint density at radius 1 is 0.875 bits per heavy atom. The number of hydrogen-bond acceptors (Lipinski definition) is 4. The normalized spacial score (nSPS) is 15.3. The Labute approximate surface area is 142 Å². The van der Waals surface area contributed by atoms with Crippen LogP contribution in [0.1, 0.15) is 11.4 Å². The van der Waals surface area contributed by atoms with Gasteiger partial charge in [0.2, 0.25) is 0 Å². The molecule has 1 aliphatic rings. The van der Waals surface area contributed by atoms with Crippen molar-refractivity contribution in [1.82, 2.24) is 14.8 Å². The van der Waals surface area contributed by atoms with E-state index in [9.17, 15) is 0 Å². The van der Waals surface area contributed by atoms with Crippen molar-refractivity contribution in [2.45, 2.75) is 13.8 Å². The highest BCUT2D eigenvalue weighted by atomic mass is 15.3. The van der Waals surface area contributed by atoms with Crippen LogP contribution in [0.4, 0.5) is 11.5 Å². The second-order valence-corrected chi connectivity index (χ2v) is 6.53. The number of aryl methyl sites for hydroxylation is 3. The molecule has 0 saturated carbocycles. The van der Waals surface area contributed by atoms with E-state index in [1.807, 2.05) is 6.92 Å². The Morgan fingerprint density at radius 2 is 1.54 bits per heavy atom. The van der Waals surface area contributed by atoms with Crippen LogP contribution in [0.25, 0.3) is 10.8 Å². The molecule has 1 aliphatic heterocycles. The third kappa shape index (κ3) is 2.40. The molecule has 4 rings (SSSR count). The summed E-state index contributed by atoms with van der Waals surface area (Å²) < 4.78 is 2.17. The molecule has 0 unspecified atom stereocenters. The largest absolute Gasteiger partial charge is 0.368 e. The summed E-state index contributed by atoms with van der Waals surface area (Å²) >= 11 is 0. The molecule has 0 atom stereocenters. The molecular weight excluding hydrogens is 298 g/mol. The van der Waals surface area contributed by atoms with E-state index in [1.165, 1.54) is 22.2 Å². The van der Waals surface area contributed by atoms with Gasteiger partial charge in [-0.05, 0) is 26.0 Å². The van der Waals surface area contributed by atoms with Crippen molar-refractivity contribution in [3.8, 4) is 0 Å². The number of hydrogen-bond donors (Lipinski definition) is 0. The molecule has 124 valence electrons. The van der Waals surface area contributed by atoms with Crippen molar-refractivity contribution in [2.75, 3.05) is 36.0 Å². The molecule has 2 aromatic heterocycles. The van der Waals surface area contributed by atoms with Crippen LogP contribution in [0, 0.1) is 13.8 Å². The Bertz CT molecular complexity index is 860. The molecule has 0 spiro atoms. The maximum Gasteiger partial charge on any atom is 0.161 e. The number of piperazine rings is 1. The topological polar surface area (TPSA) is 37.2 Å². The van der Waals surface area contributed by atoms with Crippen LogP contribution in [-0.4, -0.2) is 40.9 Å². The third-order valence-electron chi connectivity index (χ3n) is 5.09. The lowest BCUT2D eigenvalue weighted by Gasteiger charge is -2.36. The lowest BCUT2D eigenvalue weighted by atomic mass is 10.1. The van der Waals surface area contributed by atoms with Gasteiger partial charge in [0.05, 0.1) is 5.69 Å². The molecule has 1 saturated heterocycles. The summed E-state index contributed by atoms with van der Waals surface area (Å²) in [5, 5.41) is 11.4. The number of para-hydroxylation sites is 1. The highest BCUT2D eigenvalue weighted by molar-refractivity contribution is 5.96. The minimum absolute atomic E-state index is 0.968. The lowest BCUT2D eigenvalue weighted by Crippen LogP contribution is -2.47. The van der Waals surface area contributed by atoms with E-state index >= 15 is 0 Å². The van der Waals surface area contributed by atoms with E-state index in [-0.39, 0.29) is 0 Å². The first kappa shape index (κ1) is 15.0. The Balaban J connectivity index is 1.62. The lowest BCUT2D eigenvalue weighted by molar-refractivity contribution is 0.645. The number of aromatic nitrogens is 3. The summed E-state index contributed by atoms with van der Waals surface area (Å²) in [6, 6.07) is 10.6. The van der Waals surface area contributed by atoms with E-state index < -0.39 is 0 Å². The van der Waals surface area contributed by atoms with Gasteiger partial charge in [0.1, 0.15) is 0 Å². The molecule has 1 aromatic carbocycles. The van der Waals surface area contributed by atoms with Crippen molar-refractivity contribution >= 4 is 22.3 Å². The van der Waals surface area contributed by atoms with Crippen LogP contribution in [0.3, 0.4) is 0 Å². The molecule has 0 bridgehead atoms. The molecule has 1 fully saturated rings. The summed E-state index contributed by atoms with van der Waals surface area (Å²) in [7, 11) is 2.09. The van der Waals surface area contributed by atoms with Gasteiger partial charge in [-0.25, -0.2) is 0 Å². The first-order valence-electron chi connectivity index (χ1n) is 8.49. The fourth-order valence-electron chi connectivity index (χ4n) is 3.55. The molecule has 5 nitrogen and oxygen atoms in total. The van der Waals surface area contributed by atoms with Crippen LogP contribution in [0.5, 0.6) is 0 Å². The van der Waals surface area contributed by atoms with Gasteiger partial charge in [0.15, 0.2) is 5.82 Å².